The third-order valence-corrected chi connectivity index (χ3v) is 20.7. The SMILES string of the molecule is O=P(c1ccccc1)(c1ccc(P(=O)(c2ccccc2)c2cccc3ccccc23)cc1)c1ccc([PH](O)(c2ccccc2)c2cccc3ccccc23)cc1. The summed E-state index contributed by atoms with van der Waals surface area (Å²) in [4.78, 5) is 13.1. The van der Waals surface area contributed by atoms with Crippen LogP contribution in [0.3, 0.4) is 0 Å². The number of benzene rings is 9. The van der Waals surface area contributed by atoms with Crippen molar-refractivity contribution in [3.63, 3.8) is 0 Å². The molecule has 0 saturated heterocycles. The van der Waals surface area contributed by atoms with Crippen LogP contribution in [0.2, 0.25) is 0 Å². The van der Waals surface area contributed by atoms with Gasteiger partial charge in [-0.1, -0.05) is 54.6 Å². The molecule has 0 fully saturated rings. The van der Waals surface area contributed by atoms with Crippen molar-refractivity contribution < 1.29 is 14.0 Å². The first-order valence-corrected chi connectivity index (χ1v) is 24.1. The van der Waals surface area contributed by atoms with Gasteiger partial charge in [-0.2, -0.15) is 0 Å². The molecule has 1 N–H and O–H groups in total. The zero-order valence-corrected chi connectivity index (χ0v) is 33.3. The van der Waals surface area contributed by atoms with E-state index < -0.39 is 21.8 Å². The van der Waals surface area contributed by atoms with E-state index in [0.29, 0.717) is 21.2 Å². The summed E-state index contributed by atoms with van der Waals surface area (Å²) in [6, 6.07) is 72.9. The average molecular weight is 781 g/mol. The molecule has 0 spiro atoms. The van der Waals surface area contributed by atoms with Gasteiger partial charge in [-0.25, -0.2) is 0 Å². The van der Waals surface area contributed by atoms with Gasteiger partial charge in [0, 0.05) is 0 Å². The van der Waals surface area contributed by atoms with Crippen LogP contribution >= 0.6 is 21.8 Å². The number of hydrogen-bond donors (Lipinski definition) is 1. The Balaban J connectivity index is 1.18. The quantitative estimate of drug-likeness (QED) is 0.150. The van der Waals surface area contributed by atoms with Gasteiger partial charge in [0.05, 0.1) is 0 Å². The molecular formula is C50H39O3P3. The Morgan fingerprint density at radius 2 is 0.696 bits per heavy atom. The number of hydrogen-bond acceptors (Lipinski definition) is 3. The van der Waals surface area contributed by atoms with Crippen molar-refractivity contribution >= 4 is 91.1 Å². The van der Waals surface area contributed by atoms with Crippen molar-refractivity contribution in [2.45, 2.75) is 0 Å². The van der Waals surface area contributed by atoms with Gasteiger partial charge in [0.1, 0.15) is 0 Å². The normalized spacial score (nSPS) is 14.2. The van der Waals surface area contributed by atoms with Crippen LogP contribution in [0, 0.1) is 0 Å². The van der Waals surface area contributed by atoms with Crippen LogP contribution in [-0.2, 0) is 9.13 Å². The van der Waals surface area contributed by atoms with Gasteiger partial charge >= 0.3 is 270 Å². The first-order chi connectivity index (χ1) is 27.4. The molecule has 6 heteroatoms. The minimum atomic E-state index is -3.52. The van der Waals surface area contributed by atoms with Crippen LogP contribution in [0.15, 0.2) is 224 Å². The summed E-state index contributed by atoms with van der Waals surface area (Å²) in [5.74, 6) is 0. The summed E-state index contributed by atoms with van der Waals surface area (Å²) in [7, 11) is -10.3. The van der Waals surface area contributed by atoms with Crippen molar-refractivity contribution in [2.75, 3.05) is 0 Å². The fourth-order valence-electron chi connectivity index (χ4n) is 8.12. The molecule has 56 heavy (non-hydrogen) atoms. The zero-order chi connectivity index (χ0) is 38.2. The molecule has 2 atom stereocenters. The summed E-state index contributed by atoms with van der Waals surface area (Å²) in [6.07, 6.45) is 0. The van der Waals surface area contributed by atoms with Gasteiger partial charge in [0.25, 0.3) is 0 Å². The molecule has 0 heterocycles. The van der Waals surface area contributed by atoms with Crippen LogP contribution in [0.4, 0.5) is 0 Å². The second-order valence-electron chi connectivity index (χ2n) is 14.1. The minimum absolute atomic E-state index is 0.641. The van der Waals surface area contributed by atoms with E-state index in [1.165, 1.54) is 0 Å². The molecule has 0 radical (unpaired) electrons. The molecule has 0 aliphatic carbocycles. The maximum atomic E-state index is 15.8. The first kappa shape index (κ1) is 36.0. The standard InChI is InChI=1S/C50H39O3P3/c51-54(40-20-4-1-5-21-40,43-30-34-45(35-31-43)55(52,41-22-6-2-7-23-41)49-28-14-18-38-16-10-12-26-47(38)49)44-32-36-46(37-33-44)56(53,42-24-8-3-9-25-42)50-29-15-19-39-17-11-13-27-48(39)50/h1-37,52,55H. The van der Waals surface area contributed by atoms with Crippen LogP contribution in [-0.4, -0.2) is 4.89 Å². The van der Waals surface area contributed by atoms with Crippen molar-refractivity contribution in [1.82, 2.24) is 0 Å². The fourth-order valence-corrected chi connectivity index (χ4v) is 16.8. The Kier molecular flexibility index (Phi) is 9.51. The second kappa shape index (κ2) is 14.8. The Bertz CT molecular complexity index is 2910. The number of rotatable bonds is 9. The van der Waals surface area contributed by atoms with Crippen molar-refractivity contribution in [2.24, 2.45) is 0 Å². The molecule has 9 aromatic carbocycles. The van der Waals surface area contributed by atoms with Gasteiger partial charge < -0.3 is 0 Å². The fraction of sp³-hybridized carbons (Fsp3) is 0. The maximum absolute atomic E-state index is 15.8. The summed E-state index contributed by atoms with van der Waals surface area (Å²) in [5, 5.41) is 10.8. The van der Waals surface area contributed by atoms with Crippen LogP contribution < -0.4 is 47.7 Å². The summed E-state index contributed by atoms with van der Waals surface area (Å²) in [6.45, 7) is 0. The summed E-state index contributed by atoms with van der Waals surface area (Å²) in [5.41, 5.74) is 0. The summed E-state index contributed by atoms with van der Waals surface area (Å²) >= 11 is 0. The Hall–Kier alpha value is -5.65. The van der Waals surface area contributed by atoms with Gasteiger partial charge in [-0.15, -0.1) is 0 Å². The van der Waals surface area contributed by atoms with Gasteiger partial charge in [-0.05, 0) is 5.39 Å². The molecule has 9 rings (SSSR count). The monoisotopic (exact) mass is 780 g/mol. The molecule has 9 aromatic rings. The third kappa shape index (κ3) is 6.01. The predicted octanol–water partition coefficient (Wildman–Crippen LogP) is 8.21. The Labute approximate surface area is 328 Å². The summed E-state index contributed by atoms with van der Waals surface area (Å²) < 4.78 is 31.5. The van der Waals surface area contributed by atoms with Gasteiger partial charge in [0.2, 0.25) is 0 Å². The van der Waals surface area contributed by atoms with E-state index in [-0.39, 0.29) is 0 Å². The molecule has 3 nitrogen and oxygen atoms in total. The van der Waals surface area contributed by atoms with E-state index >= 15 is 9.13 Å². The third-order valence-electron chi connectivity index (χ3n) is 10.9. The van der Waals surface area contributed by atoms with Crippen LogP contribution in [0.5, 0.6) is 0 Å². The van der Waals surface area contributed by atoms with Gasteiger partial charge in [0.15, 0.2) is 0 Å². The van der Waals surface area contributed by atoms with E-state index in [9.17, 15) is 4.89 Å². The van der Waals surface area contributed by atoms with Crippen LogP contribution in [0.1, 0.15) is 0 Å². The molecule has 0 amide bonds. The molecule has 0 aliphatic heterocycles. The zero-order valence-electron chi connectivity index (χ0n) is 30.5. The van der Waals surface area contributed by atoms with E-state index in [1.807, 2.05) is 206 Å². The Morgan fingerprint density at radius 3 is 1.29 bits per heavy atom. The number of fused-ring (bicyclic) bond motifs is 2. The van der Waals surface area contributed by atoms with Crippen molar-refractivity contribution in [3.05, 3.63) is 224 Å². The van der Waals surface area contributed by atoms with Crippen LogP contribution in [0.25, 0.3) is 21.5 Å². The Morgan fingerprint density at radius 1 is 0.321 bits per heavy atom. The van der Waals surface area contributed by atoms with E-state index in [4.69, 9.17) is 0 Å². The van der Waals surface area contributed by atoms with E-state index in [1.54, 1.807) is 0 Å². The second-order valence-corrected chi connectivity index (χ2v) is 22.7. The molecule has 272 valence electrons. The molecule has 0 bridgehead atoms. The van der Waals surface area contributed by atoms with E-state index in [0.717, 1.165) is 48.1 Å². The molecule has 0 saturated carbocycles. The molecule has 2 unspecified atom stereocenters. The predicted molar refractivity (Wildman–Crippen MR) is 243 cm³/mol. The van der Waals surface area contributed by atoms with Crippen molar-refractivity contribution in [1.29, 1.82) is 0 Å². The molecule has 0 aliphatic rings. The molecule has 0 aromatic heterocycles. The average Bonchev–Trinajstić information content (AvgIpc) is 3.29. The first-order valence-electron chi connectivity index (χ1n) is 18.7. The topological polar surface area (TPSA) is 54.4 Å². The van der Waals surface area contributed by atoms with Crippen molar-refractivity contribution in [3.8, 4) is 0 Å². The molecular weight excluding hydrogens is 741 g/mol. The van der Waals surface area contributed by atoms with E-state index in [2.05, 4.69) is 18.2 Å². The van der Waals surface area contributed by atoms with Gasteiger partial charge in [-0.3, -0.25) is 0 Å².